The van der Waals surface area contributed by atoms with Gasteiger partial charge in [0.25, 0.3) is 0 Å². The molecule has 0 atom stereocenters. The van der Waals surface area contributed by atoms with Gasteiger partial charge in [-0.15, -0.1) is 0 Å². The van der Waals surface area contributed by atoms with Gasteiger partial charge in [0.15, 0.2) is 0 Å². The summed E-state index contributed by atoms with van der Waals surface area (Å²) in [6.07, 6.45) is 3.04. The first-order valence-electron chi connectivity index (χ1n) is 6.58. The number of carboxylic acid groups (broad SMARTS) is 1. The minimum Gasteiger partial charge on any atom is -0.496 e. The summed E-state index contributed by atoms with van der Waals surface area (Å²) in [5, 5.41) is 9.56. The maximum atomic E-state index is 11.6. The Morgan fingerprint density at radius 2 is 2.00 bits per heavy atom. The summed E-state index contributed by atoms with van der Waals surface area (Å²) in [4.78, 5) is 11.6. The van der Waals surface area contributed by atoms with Crippen LogP contribution in [0.4, 0.5) is 0 Å². The fourth-order valence-corrected chi connectivity index (χ4v) is 2.87. The Bertz CT molecular complexity index is 489. The molecule has 1 fully saturated rings. The first kappa shape index (κ1) is 13.7. The molecular formula is C15H20O4. The van der Waals surface area contributed by atoms with Gasteiger partial charge in [-0.2, -0.15) is 0 Å². The van der Waals surface area contributed by atoms with Gasteiger partial charge in [-0.1, -0.05) is 19.4 Å². The van der Waals surface area contributed by atoms with Gasteiger partial charge in [-0.05, 0) is 25.3 Å². The summed E-state index contributed by atoms with van der Waals surface area (Å²) in [6, 6.07) is 3.68. The lowest BCUT2D eigenvalue weighted by Gasteiger charge is -2.39. The first-order valence-corrected chi connectivity index (χ1v) is 6.58. The third kappa shape index (κ3) is 1.95. The maximum absolute atomic E-state index is 11.6. The summed E-state index contributed by atoms with van der Waals surface area (Å²) in [6.45, 7) is 2.01. The number of hydrogen-bond acceptors (Lipinski definition) is 3. The monoisotopic (exact) mass is 264 g/mol. The van der Waals surface area contributed by atoms with Crippen molar-refractivity contribution < 1.29 is 19.4 Å². The Kier molecular flexibility index (Phi) is 3.69. The van der Waals surface area contributed by atoms with E-state index in [0.717, 1.165) is 29.7 Å². The van der Waals surface area contributed by atoms with Crippen molar-refractivity contribution >= 4 is 5.97 Å². The van der Waals surface area contributed by atoms with E-state index in [0.29, 0.717) is 18.6 Å². The zero-order valence-corrected chi connectivity index (χ0v) is 11.7. The lowest BCUT2D eigenvalue weighted by molar-refractivity contribution is -0.147. The molecule has 1 saturated carbocycles. The van der Waals surface area contributed by atoms with Crippen molar-refractivity contribution in [1.82, 2.24) is 0 Å². The molecule has 0 aliphatic heterocycles. The molecule has 104 valence electrons. The summed E-state index contributed by atoms with van der Waals surface area (Å²) in [7, 11) is 3.20. The van der Waals surface area contributed by atoms with Gasteiger partial charge in [0, 0.05) is 11.1 Å². The van der Waals surface area contributed by atoms with Gasteiger partial charge < -0.3 is 14.6 Å². The van der Waals surface area contributed by atoms with E-state index in [9.17, 15) is 9.90 Å². The van der Waals surface area contributed by atoms with Crippen molar-refractivity contribution in [3.05, 3.63) is 23.3 Å². The topological polar surface area (TPSA) is 55.8 Å². The predicted octanol–water partition coefficient (Wildman–Crippen LogP) is 2.77. The highest BCUT2D eigenvalue weighted by atomic mass is 16.5. The van der Waals surface area contributed by atoms with E-state index < -0.39 is 11.4 Å². The van der Waals surface area contributed by atoms with Gasteiger partial charge in [0.1, 0.15) is 11.5 Å². The maximum Gasteiger partial charge on any atom is 0.314 e. The van der Waals surface area contributed by atoms with E-state index in [-0.39, 0.29) is 0 Å². The van der Waals surface area contributed by atoms with Crippen LogP contribution < -0.4 is 9.47 Å². The molecule has 4 nitrogen and oxygen atoms in total. The number of ether oxygens (including phenoxy) is 2. The van der Waals surface area contributed by atoms with Crippen LogP contribution in [-0.2, 0) is 16.6 Å². The van der Waals surface area contributed by atoms with E-state index in [2.05, 4.69) is 0 Å². The van der Waals surface area contributed by atoms with Crippen LogP contribution in [0, 0.1) is 0 Å². The van der Waals surface area contributed by atoms with Crippen LogP contribution >= 0.6 is 0 Å². The molecule has 0 spiro atoms. The lowest BCUT2D eigenvalue weighted by atomic mass is 9.64. The third-order valence-electron chi connectivity index (χ3n) is 4.13. The minimum absolute atomic E-state index is 0.670. The van der Waals surface area contributed by atoms with Crippen molar-refractivity contribution in [2.75, 3.05) is 14.2 Å². The lowest BCUT2D eigenvalue weighted by Crippen LogP contribution is -2.42. The smallest absolute Gasteiger partial charge is 0.314 e. The van der Waals surface area contributed by atoms with Crippen LogP contribution in [0.3, 0.4) is 0 Å². The molecule has 4 heteroatoms. The molecule has 0 amide bonds. The predicted molar refractivity (Wildman–Crippen MR) is 72.1 cm³/mol. The van der Waals surface area contributed by atoms with E-state index in [1.54, 1.807) is 14.2 Å². The molecule has 1 aromatic carbocycles. The van der Waals surface area contributed by atoms with E-state index in [4.69, 9.17) is 9.47 Å². The normalized spacial score (nSPS) is 16.6. The SMILES string of the molecule is CCc1c(OC)ccc(C2(C(=O)O)CCC2)c1OC. The number of methoxy groups -OCH3 is 2. The van der Waals surface area contributed by atoms with Crippen molar-refractivity contribution in [2.45, 2.75) is 38.0 Å². The van der Waals surface area contributed by atoms with Crippen LogP contribution in [0.1, 0.15) is 37.3 Å². The first-order chi connectivity index (χ1) is 9.10. The second-order valence-electron chi connectivity index (χ2n) is 4.92. The Morgan fingerprint density at radius 3 is 2.37 bits per heavy atom. The second kappa shape index (κ2) is 5.11. The Morgan fingerprint density at radius 1 is 1.32 bits per heavy atom. The average molecular weight is 264 g/mol. The summed E-state index contributed by atoms with van der Waals surface area (Å²) < 4.78 is 10.8. The highest BCUT2D eigenvalue weighted by Gasteiger charge is 2.48. The van der Waals surface area contributed by atoms with Crippen LogP contribution in [0.15, 0.2) is 12.1 Å². The fraction of sp³-hybridized carbons (Fsp3) is 0.533. The van der Waals surface area contributed by atoms with Gasteiger partial charge in [-0.3, -0.25) is 4.79 Å². The molecule has 0 unspecified atom stereocenters. The summed E-state index contributed by atoms with van der Waals surface area (Å²) in [5.41, 5.74) is 0.947. The molecule has 0 aromatic heterocycles. The van der Waals surface area contributed by atoms with Crippen molar-refractivity contribution in [3.63, 3.8) is 0 Å². The molecule has 19 heavy (non-hydrogen) atoms. The van der Waals surface area contributed by atoms with Crippen LogP contribution in [-0.4, -0.2) is 25.3 Å². The second-order valence-corrected chi connectivity index (χ2v) is 4.92. The van der Waals surface area contributed by atoms with Gasteiger partial charge in [-0.25, -0.2) is 0 Å². The van der Waals surface area contributed by atoms with Gasteiger partial charge in [0.05, 0.1) is 19.6 Å². The number of benzene rings is 1. The highest BCUT2D eigenvalue weighted by molar-refractivity contribution is 5.84. The molecule has 0 bridgehead atoms. The average Bonchev–Trinajstić information content (AvgIpc) is 2.35. The van der Waals surface area contributed by atoms with Crippen LogP contribution in [0.25, 0.3) is 0 Å². The molecule has 0 heterocycles. The van der Waals surface area contributed by atoms with Crippen molar-refractivity contribution in [1.29, 1.82) is 0 Å². The molecule has 1 aliphatic rings. The van der Waals surface area contributed by atoms with Crippen LogP contribution in [0.5, 0.6) is 11.5 Å². The Balaban J connectivity index is 2.61. The molecular weight excluding hydrogens is 244 g/mol. The van der Waals surface area contributed by atoms with Crippen LogP contribution in [0.2, 0.25) is 0 Å². The number of aliphatic carboxylic acids is 1. The minimum atomic E-state index is -0.776. The molecule has 1 aromatic rings. The zero-order valence-electron chi connectivity index (χ0n) is 11.7. The molecule has 2 rings (SSSR count). The Labute approximate surface area is 113 Å². The quantitative estimate of drug-likeness (QED) is 0.888. The number of hydrogen-bond donors (Lipinski definition) is 1. The van der Waals surface area contributed by atoms with E-state index >= 15 is 0 Å². The number of carbonyl (C=O) groups is 1. The van der Waals surface area contributed by atoms with E-state index in [1.165, 1.54) is 0 Å². The zero-order chi connectivity index (χ0) is 14.0. The number of carboxylic acids is 1. The largest absolute Gasteiger partial charge is 0.496 e. The summed E-state index contributed by atoms with van der Waals surface area (Å²) in [5.74, 6) is 0.663. The molecule has 0 radical (unpaired) electrons. The van der Waals surface area contributed by atoms with Crippen molar-refractivity contribution in [3.8, 4) is 11.5 Å². The van der Waals surface area contributed by atoms with Gasteiger partial charge >= 0.3 is 5.97 Å². The fourth-order valence-electron chi connectivity index (χ4n) is 2.87. The van der Waals surface area contributed by atoms with E-state index in [1.807, 2.05) is 19.1 Å². The molecule has 0 saturated heterocycles. The standard InChI is InChI=1S/C15H20O4/c1-4-10-12(18-2)7-6-11(13(10)19-3)15(14(16)17)8-5-9-15/h6-7H,4-5,8-9H2,1-3H3,(H,16,17). The molecule has 1 aliphatic carbocycles. The summed E-state index contributed by atoms with van der Waals surface area (Å²) >= 11 is 0. The number of rotatable bonds is 5. The van der Waals surface area contributed by atoms with Gasteiger partial charge in [0.2, 0.25) is 0 Å². The molecule has 1 N–H and O–H groups in total. The van der Waals surface area contributed by atoms with Crippen molar-refractivity contribution in [2.24, 2.45) is 0 Å². The highest BCUT2D eigenvalue weighted by Crippen LogP contribution is 2.49. The Hall–Kier alpha value is -1.71. The third-order valence-corrected chi connectivity index (χ3v) is 4.13.